The molecule has 3 N–H and O–H groups in total. The number of aromatic amines is 1. The highest BCUT2D eigenvalue weighted by molar-refractivity contribution is 6.31. The van der Waals surface area contributed by atoms with Crippen LogP contribution >= 0.6 is 11.6 Å². The van der Waals surface area contributed by atoms with Gasteiger partial charge in [-0.25, -0.2) is 4.79 Å². The maximum absolute atomic E-state index is 12.5. The Balaban J connectivity index is 1.63. The first-order chi connectivity index (χ1) is 14.0. The molecule has 0 aliphatic heterocycles. The second kappa shape index (κ2) is 9.58. The number of aromatic nitrogens is 1. The second-order valence-corrected chi connectivity index (χ2v) is 7.24. The minimum atomic E-state index is -0.774. The number of methoxy groups -OCH3 is 1. The SMILES string of the molecule is COC(=O)[C@@H](Cc1c[nH]c2ccccc12)NC(=O)CN[C@H](C)c1ccccc1Cl. The average Bonchev–Trinajstić information content (AvgIpc) is 3.14. The van der Waals surface area contributed by atoms with Gasteiger partial charge >= 0.3 is 5.97 Å². The zero-order valence-electron chi connectivity index (χ0n) is 16.4. The molecule has 0 spiro atoms. The van der Waals surface area contributed by atoms with Gasteiger partial charge in [-0.3, -0.25) is 4.79 Å². The van der Waals surface area contributed by atoms with Crippen LogP contribution in [0.3, 0.4) is 0 Å². The molecule has 0 radical (unpaired) electrons. The minimum Gasteiger partial charge on any atom is -0.467 e. The van der Waals surface area contributed by atoms with Gasteiger partial charge in [0.15, 0.2) is 0 Å². The van der Waals surface area contributed by atoms with Crippen molar-refractivity contribution in [3.8, 4) is 0 Å². The van der Waals surface area contributed by atoms with Crippen LogP contribution in [0.1, 0.15) is 24.1 Å². The summed E-state index contributed by atoms with van der Waals surface area (Å²) in [6.07, 6.45) is 2.19. The fraction of sp³-hybridized carbons (Fsp3) is 0.273. The summed E-state index contributed by atoms with van der Waals surface area (Å²) in [5, 5.41) is 7.56. The zero-order valence-corrected chi connectivity index (χ0v) is 17.1. The van der Waals surface area contributed by atoms with Crippen molar-refractivity contribution in [1.82, 2.24) is 15.6 Å². The molecule has 2 atom stereocenters. The predicted molar refractivity (Wildman–Crippen MR) is 114 cm³/mol. The van der Waals surface area contributed by atoms with Gasteiger partial charge in [-0.2, -0.15) is 0 Å². The van der Waals surface area contributed by atoms with Gasteiger partial charge in [0.05, 0.1) is 13.7 Å². The van der Waals surface area contributed by atoms with E-state index >= 15 is 0 Å². The molecule has 0 aliphatic rings. The summed E-state index contributed by atoms with van der Waals surface area (Å²) in [6, 6.07) is 14.4. The van der Waals surface area contributed by atoms with Gasteiger partial charge in [0.25, 0.3) is 0 Å². The third-order valence-electron chi connectivity index (χ3n) is 4.86. The van der Waals surface area contributed by atoms with Gasteiger partial charge in [0, 0.05) is 34.6 Å². The Labute approximate surface area is 174 Å². The number of para-hydroxylation sites is 1. The summed E-state index contributed by atoms with van der Waals surface area (Å²) in [7, 11) is 1.31. The van der Waals surface area contributed by atoms with Gasteiger partial charge in [-0.05, 0) is 30.2 Å². The summed E-state index contributed by atoms with van der Waals surface area (Å²) in [5.74, 6) is -0.776. The maximum atomic E-state index is 12.5. The number of esters is 1. The quantitative estimate of drug-likeness (QED) is 0.494. The van der Waals surface area contributed by atoms with Gasteiger partial charge in [0.1, 0.15) is 6.04 Å². The van der Waals surface area contributed by atoms with E-state index in [-0.39, 0.29) is 18.5 Å². The molecule has 1 aromatic heterocycles. The molecule has 0 saturated heterocycles. The van der Waals surface area contributed by atoms with Crippen LogP contribution < -0.4 is 10.6 Å². The van der Waals surface area contributed by atoms with E-state index in [0.29, 0.717) is 11.4 Å². The van der Waals surface area contributed by atoms with Crippen molar-refractivity contribution in [2.75, 3.05) is 13.7 Å². The lowest BCUT2D eigenvalue weighted by Gasteiger charge is -2.19. The van der Waals surface area contributed by atoms with E-state index in [1.807, 2.05) is 61.7 Å². The molecule has 0 unspecified atom stereocenters. The largest absolute Gasteiger partial charge is 0.467 e. The van der Waals surface area contributed by atoms with E-state index in [4.69, 9.17) is 16.3 Å². The molecule has 0 fully saturated rings. The number of ether oxygens (including phenoxy) is 1. The number of amides is 1. The molecular weight excluding hydrogens is 390 g/mol. The van der Waals surface area contributed by atoms with E-state index in [1.54, 1.807) is 0 Å². The minimum absolute atomic E-state index is 0.0494. The van der Waals surface area contributed by atoms with Crippen LogP contribution in [0, 0.1) is 0 Å². The van der Waals surface area contributed by atoms with Crippen LogP contribution in [0.5, 0.6) is 0 Å². The molecule has 7 heteroatoms. The van der Waals surface area contributed by atoms with E-state index < -0.39 is 12.0 Å². The van der Waals surface area contributed by atoms with E-state index in [2.05, 4.69) is 15.6 Å². The summed E-state index contributed by atoms with van der Waals surface area (Å²) in [4.78, 5) is 27.9. The highest BCUT2D eigenvalue weighted by Gasteiger charge is 2.23. The third-order valence-corrected chi connectivity index (χ3v) is 5.20. The molecule has 29 heavy (non-hydrogen) atoms. The van der Waals surface area contributed by atoms with Crippen LogP contribution in [-0.4, -0.2) is 36.6 Å². The van der Waals surface area contributed by atoms with Crippen molar-refractivity contribution >= 4 is 34.4 Å². The molecule has 0 saturated carbocycles. The number of fused-ring (bicyclic) bond motifs is 1. The Bertz CT molecular complexity index is 1000. The predicted octanol–water partition coefficient (Wildman–Crippen LogP) is 3.37. The van der Waals surface area contributed by atoms with Gasteiger partial charge < -0.3 is 20.4 Å². The Morgan fingerprint density at radius 1 is 1.14 bits per heavy atom. The van der Waals surface area contributed by atoms with Crippen molar-refractivity contribution in [2.45, 2.75) is 25.4 Å². The van der Waals surface area contributed by atoms with Crippen LogP contribution in [0.15, 0.2) is 54.7 Å². The first-order valence-corrected chi connectivity index (χ1v) is 9.77. The van der Waals surface area contributed by atoms with Gasteiger partial charge in [-0.1, -0.05) is 48.0 Å². The molecule has 2 aromatic carbocycles. The van der Waals surface area contributed by atoms with Crippen molar-refractivity contribution in [2.24, 2.45) is 0 Å². The van der Waals surface area contributed by atoms with Crippen LogP contribution in [-0.2, 0) is 20.7 Å². The number of hydrogen-bond acceptors (Lipinski definition) is 4. The molecule has 1 heterocycles. The normalized spacial score (nSPS) is 13.1. The second-order valence-electron chi connectivity index (χ2n) is 6.83. The van der Waals surface area contributed by atoms with E-state index in [1.165, 1.54) is 7.11 Å². The number of nitrogens with one attached hydrogen (secondary N) is 3. The molecule has 3 rings (SSSR count). The number of benzene rings is 2. The zero-order chi connectivity index (χ0) is 20.8. The van der Waals surface area contributed by atoms with E-state index in [9.17, 15) is 9.59 Å². The van der Waals surface area contributed by atoms with Crippen LogP contribution in [0.4, 0.5) is 0 Å². The molecule has 0 bridgehead atoms. The molecule has 0 aliphatic carbocycles. The standard InChI is InChI=1S/C22H24ClN3O3/c1-14(16-7-3-5-9-18(16)23)24-13-21(27)26-20(22(28)29-2)11-15-12-25-19-10-6-4-8-17(15)19/h3-10,12,14,20,24-25H,11,13H2,1-2H3,(H,26,27)/t14-,20-/m1/s1. The van der Waals surface area contributed by atoms with Crippen molar-refractivity contribution in [1.29, 1.82) is 0 Å². The summed E-state index contributed by atoms with van der Waals surface area (Å²) < 4.78 is 4.88. The molecule has 6 nitrogen and oxygen atoms in total. The highest BCUT2D eigenvalue weighted by atomic mass is 35.5. The Morgan fingerprint density at radius 2 is 1.86 bits per heavy atom. The number of hydrogen-bond donors (Lipinski definition) is 3. The smallest absolute Gasteiger partial charge is 0.328 e. The van der Waals surface area contributed by atoms with Crippen LogP contribution in [0.2, 0.25) is 5.02 Å². The molecular formula is C22H24ClN3O3. The topological polar surface area (TPSA) is 83.2 Å². The van der Waals surface area contributed by atoms with Crippen molar-refractivity contribution in [3.05, 3.63) is 70.9 Å². The molecule has 3 aromatic rings. The first kappa shape index (κ1) is 20.9. The Morgan fingerprint density at radius 3 is 2.62 bits per heavy atom. The number of rotatable bonds is 8. The van der Waals surface area contributed by atoms with Crippen LogP contribution in [0.25, 0.3) is 10.9 Å². The first-order valence-electron chi connectivity index (χ1n) is 9.39. The van der Waals surface area contributed by atoms with Crippen molar-refractivity contribution < 1.29 is 14.3 Å². The lowest BCUT2D eigenvalue weighted by molar-refractivity contribution is -0.144. The summed E-state index contributed by atoms with van der Waals surface area (Å²) in [6.45, 7) is 1.98. The monoisotopic (exact) mass is 413 g/mol. The van der Waals surface area contributed by atoms with Gasteiger partial charge in [0.2, 0.25) is 5.91 Å². The number of carbonyl (C=O) groups is 2. The fourth-order valence-corrected chi connectivity index (χ4v) is 3.58. The van der Waals surface area contributed by atoms with Gasteiger partial charge in [-0.15, -0.1) is 0 Å². The fourth-order valence-electron chi connectivity index (χ4n) is 3.28. The number of H-pyrrole nitrogens is 1. The van der Waals surface area contributed by atoms with Crippen molar-refractivity contribution in [3.63, 3.8) is 0 Å². The third kappa shape index (κ3) is 5.16. The summed E-state index contributed by atoms with van der Waals surface area (Å²) >= 11 is 6.20. The number of halogens is 1. The van der Waals surface area contributed by atoms with E-state index in [0.717, 1.165) is 22.0 Å². The Kier molecular flexibility index (Phi) is 6.90. The molecule has 1 amide bonds. The summed E-state index contributed by atoms with van der Waals surface area (Å²) in [5.41, 5.74) is 2.83. The maximum Gasteiger partial charge on any atom is 0.328 e. The number of carbonyl (C=O) groups excluding carboxylic acids is 2. The average molecular weight is 414 g/mol. The molecule has 152 valence electrons. The Hall–Kier alpha value is -2.83. The lowest BCUT2D eigenvalue weighted by Crippen LogP contribution is -2.46. The lowest BCUT2D eigenvalue weighted by atomic mass is 10.0. The highest BCUT2D eigenvalue weighted by Crippen LogP contribution is 2.22.